The van der Waals surface area contributed by atoms with Crippen molar-refractivity contribution in [1.82, 2.24) is 4.90 Å². The molecule has 0 aliphatic carbocycles. The lowest BCUT2D eigenvalue weighted by atomic mass is 10.1. The molecule has 14 heavy (non-hydrogen) atoms. The molecule has 0 aliphatic heterocycles. The molecule has 0 amide bonds. The molecule has 0 aliphatic rings. The molecule has 1 heterocycles. The monoisotopic (exact) mass is 208 g/mol. The van der Waals surface area contributed by atoms with Crippen LogP contribution in [0.25, 0.3) is 0 Å². The second-order valence-electron chi connectivity index (χ2n) is 3.57. The van der Waals surface area contributed by atoms with Crippen LogP contribution in [0.3, 0.4) is 0 Å². The SMILES string of the molecule is CC(CC#N)N(C)C(C)c1cccs1. The standard InChI is InChI=1S/C11H16N2S/c1-9(6-7-12)13(3)10(2)11-5-4-8-14-11/h4-5,8-10H,6H2,1-3H3. The molecule has 2 atom stereocenters. The fourth-order valence-corrected chi connectivity index (χ4v) is 2.22. The third-order valence-electron chi connectivity index (χ3n) is 2.65. The molecule has 0 bridgehead atoms. The first kappa shape index (κ1) is 11.2. The van der Waals surface area contributed by atoms with Crippen molar-refractivity contribution in [2.24, 2.45) is 0 Å². The van der Waals surface area contributed by atoms with Gasteiger partial charge in [-0.3, -0.25) is 4.90 Å². The maximum atomic E-state index is 8.62. The highest BCUT2D eigenvalue weighted by Gasteiger charge is 2.17. The minimum atomic E-state index is 0.317. The summed E-state index contributed by atoms with van der Waals surface area (Å²) >= 11 is 1.77. The van der Waals surface area contributed by atoms with Gasteiger partial charge in [-0.15, -0.1) is 11.3 Å². The van der Waals surface area contributed by atoms with Crippen molar-refractivity contribution in [2.45, 2.75) is 32.4 Å². The van der Waals surface area contributed by atoms with E-state index in [0.29, 0.717) is 18.5 Å². The van der Waals surface area contributed by atoms with Crippen molar-refractivity contribution in [3.8, 4) is 6.07 Å². The van der Waals surface area contributed by atoms with Crippen molar-refractivity contribution < 1.29 is 0 Å². The zero-order chi connectivity index (χ0) is 10.6. The van der Waals surface area contributed by atoms with Crippen molar-refractivity contribution in [2.75, 3.05) is 7.05 Å². The molecule has 0 fully saturated rings. The van der Waals surface area contributed by atoms with E-state index in [1.165, 1.54) is 4.88 Å². The second-order valence-corrected chi connectivity index (χ2v) is 4.55. The van der Waals surface area contributed by atoms with Crippen LogP contribution in [-0.2, 0) is 0 Å². The molecule has 1 aromatic rings. The third kappa shape index (κ3) is 2.57. The Kier molecular flexibility index (Phi) is 4.12. The second kappa shape index (κ2) is 5.14. The molecular weight excluding hydrogens is 192 g/mol. The number of hydrogen-bond acceptors (Lipinski definition) is 3. The van der Waals surface area contributed by atoms with E-state index in [2.05, 4.69) is 49.4 Å². The van der Waals surface area contributed by atoms with Gasteiger partial charge in [0.1, 0.15) is 0 Å². The highest BCUT2D eigenvalue weighted by molar-refractivity contribution is 7.10. The first-order chi connectivity index (χ1) is 6.66. The molecular formula is C11H16N2S. The van der Waals surface area contributed by atoms with Crippen LogP contribution >= 0.6 is 11.3 Å². The summed E-state index contributed by atoms with van der Waals surface area (Å²) in [5, 5.41) is 10.7. The topological polar surface area (TPSA) is 27.0 Å². The lowest BCUT2D eigenvalue weighted by molar-refractivity contribution is 0.202. The Balaban J connectivity index is 2.61. The number of rotatable bonds is 4. The maximum Gasteiger partial charge on any atom is 0.0638 e. The summed E-state index contributed by atoms with van der Waals surface area (Å²) in [6, 6.07) is 7.14. The Morgan fingerprint density at radius 1 is 1.57 bits per heavy atom. The Morgan fingerprint density at radius 2 is 2.29 bits per heavy atom. The fourth-order valence-electron chi connectivity index (χ4n) is 1.39. The molecule has 0 radical (unpaired) electrons. The minimum absolute atomic E-state index is 0.317. The third-order valence-corrected chi connectivity index (χ3v) is 3.69. The average Bonchev–Trinajstić information content (AvgIpc) is 2.68. The van der Waals surface area contributed by atoms with Crippen molar-refractivity contribution in [3.05, 3.63) is 22.4 Å². The summed E-state index contributed by atoms with van der Waals surface area (Å²) in [7, 11) is 2.08. The Hall–Kier alpha value is -0.850. The van der Waals surface area contributed by atoms with Crippen LogP contribution in [0.2, 0.25) is 0 Å². The molecule has 2 nitrogen and oxygen atoms in total. The molecule has 1 aromatic heterocycles. The van der Waals surface area contributed by atoms with Gasteiger partial charge in [-0.1, -0.05) is 6.07 Å². The number of hydrogen-bond donors (Lipinski definition) is 0. The summed E-state index contributed by atoms with van der Waals surface area (Å²) in [6.45, 7) is 4.27. The lowest BCUT2D eigenvalue weighted by Crippen LogP contribution is -2.30. The summed E-state index contributed by atoms with van der Waals surface area (Å²) < 4.78 is 0. The average molecular weight is 208 g/mol. The predicted octanol–water partition coefficient (Wildman–Crippen LogP) is 3.04. The smallest absolute Gasteiger partial charge is 0.0638 e. The molecule has 3 heteroatoms. The predicted molar refractivity (Wildman–Crippen MR) is 60.2 cm³/mol. The zero-order valence-corrected chi connectivity index (χ0v) is 9.71. The number of thiophene rings is 1. The van der Waals surface area contributed by atoms with Gasteiger partial charge >= 0.3 is 0 Å². The van der Waals surface area contributed by atoms with Gasteiger partial charge in [-0.2, -0.15) is 5.26 Å². The van der Waals surface area contributed by atoms with Gasteiger partial charge in [0, 0.05) is 17.0 Å². The quantitative estimate of drug-likeness (QED) is 0.760. The molecule has 76 valence electrons. The summed E-state index contributed by atoms with van der Waals surface area (Å²) in [4.78, 5) is 3.60. The van der Waals surface area contributed by atoms with Crippen LogP contribution < -0.4 is 0 Å². The van der Waals surface area contributed by atoms with E-state index in [-0.39, 0.29) is 0 Å². The van der Waals surface area contributed by atoms with E-state index in [0.717, 1.165) is 0 Å². The summed E-state index contributed by atoms with van der Waals surface area (Å²) in [5.74, 6) is 0. The van der Waals surface area contributed by atoms with Gasteiger partial charge in [-0.05, 0) is 32.3 Å². The number of nitrogens with zero attached hydrogens (tertiary/aromatic N) is 2. The van der Waals surface area contributed by atoms with Gasteiger partial charge in [0.15, 0.2) is 0 Å². The molecule has 0 aromatic carbocycles. The number of nitriles is 1. The van der Waals surface area contributed by atoms with Gasteiger partial charge < -0.3 is 0 Å². The molecule has 0 saturated carbocycles. The van der Waals surface area contributed by atoms with Crippen molar-refractivity contribution in [3.63, 3.8) is 0 Å². The van der Waals surface area contributed by atoms with E-state index in [1.807, 2.05) is 0 Å². The van der Waals surface area contributed by atoms with Crippen LogP contribution in [0.4, 0.5) is 0 Å². The van der Waals surface area contributed by atoms with Crippen LogP contribution in [0.15, 0.2) is 17.5 Å². The Bertz CT molecular complexity index is 300. The molecule has 0 saturated heterocycles. The fraction of sp³-hybridized carbons (Fsp3) is 0.545. The molecule has 0 N–H and O–H groups in total. The van der Waals surface area contributed by atoms with Crippen LogP contribution in [0.5, 0.6) is 0 Å². The normalized spacial score (nSPS) is 15.1. The molecule has 2 unspecified atom stereocenters. The van der Waals surface area contributed by atoms with E-state index in [1.54, 1.807) is 11.3 Å². The Morgan fingerprint density at radius 3 is 2.79 bits per heavy atom. The van der Waals surface area contributed by atoms with Gasteiger partial charge in [-0.25, -0.2) is 0 Å². The first-order valence-corrected chi connectivity index (χ1v) is 5.67. The van der Waals surface area contributed by atoms with Crippen LogP contribution in [-0.4, -0.2) is 18.0 Å². The van der Waals surface area contributed by atoms with Gasteiger partial charge in [0.2, 0.25) is 0 Å². The van der Waals surface area contributed by atoms with E-state index in [4.69, 9.17) is 5.26 Å². The Labute approximate surface area is 89.8 Å². The zero-order valence-electron chi connectivity index (χ0n) is 8.90. The van der Waals surface area contributed by atoms with Crippen molar-refractivity contribution in [1.29, 1.82) is 5.26 Å². The van der Waals surface area contributed by atoms with E-state index >= 15 is 0 Å². The lowest BCUT2D eigenvalue weighted by Gasteiger charge is -2.28. The van der Waals surface area contributed by atoms with Crippen LogP contribution in [0, 0.1) is 11.3 Å². The highest BCUT2D eigenvalue weighted by atomic mass is 32.1. The highest BCUT2D eigenvalue weighted by Crippen LogP contribution is 2.25. The van der Waals surface area contributed by atoms with E-state index in [9.17, 15) is 0 Å². The summed E-state index contributed by atoms with van der Waals surface area (Å²) in [6.07, 6.45) is 0.589. The van der Waals surface area contributed by atoms with Crippen LogP contribution in [0.1, 0.15) is 31.2 Å². The van der Waals surface area contributed by atoms with Gasteiger partial charge in [0.25, 0.3) is 0 Å². The molecule has 1 rings (SSSR count). The largest absolute Gasteiger partial charge is 0.295 e. The molecule has 0 spiro atoms. The minimum Gasteiger partial charge on any atom is -0.295 e. The van der Waals surface area contributed by atoms with Gasteiger partial charge in [0.05, 0.1) is 12.5 Å². The first-order valence-electron chi connectivity index (χ1n) is 4.79. The van der Waals surface area contributed by atoms with Crippen molar-refractivity contribution >= 4 is 11.3 Å². The summed E-state index contributed by atoms with van der Waals surface area (Å²) in [5.41, 5.74) is 0. The van der Waals surface area contributed by atoms with E-state index < -0.39 is 0 Å². The maximum absolute atomic E-state index is 8.62.